The molecule has 1 rings (SSSR count). The molecule has 0 spiro atoms. The van der Waals surface area contributed by atoms with E-state index in [1.165, 1.54) is 4.90 Å². The van der Waals surface area contributed by atoms with E-state index in [9.17, 15) is 19.5 Å². The van der Waals surface area contributed by atoms with Gasteiger partial charge in [-0.3, -0.25) is 19.4 Å². The van der Waals surface area contributed by atoms with Gasteiger partial charge in [-0.1, -0.05) is 6.92 Å². The van der Waals surface area contributed by atoms with E-state index in [0.29, 0.717) is 45.8 Å². The highest BCUT2D eigenvalue weighted by Crippen LogP contribution is 2.01. The zero-order valence-electron chi connectivity index (χ0n) is 14.6. The van der Waals surface area contributed by atoms with E-state index in [1.807, 2.05) is 6.92 Å². The number of carbonyl (C=O) groups is 3. The fourth-order valence-electron chi connectivity index (χ4n) is 2.74. The van der Waals surface area contributed by atoms with Crippen molar-refractivity contribution in [3.8, 4) is 0 Å². The van der Waals surface area contributed by atoms with Crippen LogP contribution in [-0.4, -0.2) is 125 Å². The molecule has 0 saturated carbocycles. The molecular formula is C15H28N4O6. The van der Waals surface area contributed by atoms with Gasteiger partial charge < -0.3 is 25.1 Å². The van der Waals surface area contributed by atoms with Gasteiger partial charge in [0.1, 0.15) is 0 Å². The zero-order valence-corrected chi connectivity index (χ0v) is 14.6. The van der Waals surface area contributed by atoms with Gasteiger partial charge in [-0.15, -0.1) is 0 Å². The van der Waals surface area contributed by atoms with Crippen LogP contribution in [0.15, 0.2) is 0 Å². The standard InChI is InChI=1S/C15H28N4O6/c1-2-16-3-4-17(11-13(20)21)5-6-18(12-14(22)23)8-10-19(9-7-16)15(24)25/h2-12H2,1H3,(H,20,21)(H,22,23)(H,24,25). The lowest BCUT2D eigenvalue weighted by molar-refractivity contribution is -0.140. The molecule has 0 bridgehead atoms. The highest BCUT2D eigenvalue weighted by molar-refractivity contribution is 5.69. The lowest BCUT2D eigenvalue weighted by Crippen LogP contribution is -2.48. The van der Waals surface area contributed by atoms with Crippen LogP contribution >= 0.6 is 0 Å². The molecule has 1 aliphatic heterocycles. The number of hydrogen-bond acceptors (Lipinski definition) is 6. The maximum absolute atomic E-state index is 11.4. The second kappa shape index (κ2) is 10.9. The van der Waals surface area contributed by atoms with E-state index in [0.717, 1.165) is 6.54 Å². The van der Waals surface area contributed by atoms with Crippen molar-refractivity contribution >= 4 is 18.0 Å². The van der Waals surface area contributed by atoms with Crippen molar-refractivity contribution in [3.63, 3.8) is 0 Å². The maximum atomic E-state index is 11.4. The molecule has 1 fully saturated rings. The van der Waals surface area contributed by atoms with Crippen molar-refractivity contribution in [3.05, 3.63) is 0 Å². The summed E-state index contributed by atoms with van der Waals surface area (Å²) in [5.74, 6) is -1.91. The first-order chi connectivity index (χ1) is 11.8. The van der Waals surface area contributed by atoms with Crippen LogP contribution in [-0.2, 0) is 9.59 Å². The van der Waals surface area contributed by atoms with Crippen molar-refractivity contribution in [2.24, 2.45) is 0 Å². The molecule has 0 unspecified atom stereocenters. The normalized spacial score (nSPS) is 19.8. The topological polar surface area (TPSA) is 125 Å². The van der Waals surface area contributed by atoms with E-state index >= 15 is 0 Å². The Labute approximate surface area is 147 Å². The fraction of sp³-hybridized carbons (Fsp3) is 0.800. The number of likely N-dealkylation sites (N-methyl/N-ethyl adjacent to an activating group) is 1. The number of nitrogens with zero attached hydrogens (tertiary/aromatic N) is 4. The van der Waals surface area contributed by atoms with Crippen LogP contribution in [0.25, 0.3) is 0 Å². The average molecular weight is 360 g/mol. The summed E-state index contributed by atoms with van der Waals surface area (Å²) in [6.07, 6.45) is -1.02. The van der Waals surface area contributed by atoms with Crippen molar-refractivity contribution < 1.29 is 29.7 Å². The number of carboxylic acid groups (broad SMARTS) is 3. The summed E-state index contributed by atoms with van der Waals surface area (Å²) in [5, 5.41) is 27.4. The number of amides is 1. The average Bonchev–Trinajstić information content (AvgIpc) is 2.51. The van der Waals surface area contributed by atoms with Gasteiger partial charge in [0.05, 0.1) is 13.1 Å². The molecule has 3 N–H and O–H groups in total. The predicted octanol–water partition coefficient (Wildman–Crippen LogP) is -0.925. The molecule has 25 heavy (non-hydrogen) atoms. The number of rotatable bonds is 5. The summed E-state index contributed by atoms with van der Waals surface area (Å²) in [5.41, 5.74) is 0. The second-order valence-corrected chi connectivity index (χ2v) is 6.04. The van der Waals surface area contributed by atoms with Gasteiger partial charge in [0.25, 0.3) is 0 Å². The van der Waals surface area contributed by atoms with Crippen LogP contribution in [0.1, 0.15) is 6.92 Å². The van der Waals surface area contributed by atoms with Crippen molar-refractivity contribution in [1.82, 2.24) is 19.6 Å². The Hall–Kier alpha value is -1.91. The van der Waals surface area contributed by atoms with Gasteiger partial charge in [-0.25, -0.2) is 4.79 Å². The lowest BCUT2D eigenvalue weighted by atomic mass is 10.3. The predicted molar refractivity (Wildman–Crippen MR) is 89.9 cm³/mol. The SMILES string of the molecule is CCN1CCN(CC(=O)O)CCN(CC(=O)O)CCN(C(=O)O)CC1. The Bertz CT molecular complexity index is 461. The summed E-state index contributed by atoms with van der Waals surface area (Å²) in [6.45, 7) is 5.81. The Morgan fingerprint density at radius 1 is 0.680 bits per heavy atom. The number of hydrogen-bond donors (Lipinski definition) is 3. The summed E-state index contributed by atoms with van der Waals surface area (Å²) in [7, 11) is 0. The third-order valence-corrected chi connectivity index (χ3v) is 4.27. The summed E-state index contributed by atoms with van der Waals surface area (Å²) in [6, 6.07) is 0. The summed E-state index contributed by atoms with van der Waals surface area (Å²) in [4.78, 5) is 40.2. The molecule has 1 saturated heterocycles. The Kier molecular flexibility index (Phi) is 9.17. The molecule has 1 heterocycles. The van der Waals surface area contributed by atoms with Gasteiger partial charge in [0.2, 0.25) is 0 Å². The van der Waals surface area contributed by atoms with E-state index < -0.39 is 18.0 Å². The van der Waals surface area contributed by atoms with E-state index in [1.54, 1.807) is 9.80 Å². The monoisotopic (exact) mass is 360 g/mol. The highest BCUT2D eigenvalue weighted by Gasteiger charge is 2.20. The minimum absolute atomic E-state index is 0.0975. The summed E-state index contributed by atoms with van der Waals surface area (Å²) >= 11 is 0. The molecule has 0 aliphatic carbocycles. The first kappa shape index (κ1) is 21.1. The zero-order chi connectivity index (χ0) is 18.8. The highest BCUT2D eigenvalue weighted by atomic mass is 16.4. The minimum Gasteiger partial charge on any atom is -0.480 e. The fourth-order valence-corrected chi connectivity index (χ4v) is 2.74. The first-order valence-corrected chi connectivity index (χ1v) is 8.40. The van der Waals surface area contributed by atoms with Crippen molar-refractivity contribution in [1.29, 1.82) is 0 Å². The first-order valence-electron chi connectivity index (χ1n) is 8.40. The van der Waals surface area contributed by atoms with E-state index in [2.05, 4.69) is 4.90 Å². The number of aliphatic carboxylic acids is 2. The van der Waals surface area contributed by atoms with Crippen LogP contribution in [0.2, 0.25) is 0 Å². The van der Waals surface area contributed by atoms with Gasteiger partial charge in [-0.05, 0) is 6.54 Å². The molecule has 10 heteroatoms. The molecule has 0 aromatic rings. The van der Waals surface area contributed by atoms with Crippen LogP contribution in [0.5, 0.6) is 0 Å². The quantitative estimate of drug-likeness (QED) is 0.570. The van der Waals surface area contributed by atoms with Crippen LogP contribution in [0.4, 0.5) is 4.79 Å². The summed E-state index contributed by atoms with van der Waals surface area (Å²) < 4.78 is 0. The smallest absolute Gasteiger partial charge is 0.407 e. The van der Waals surface area contributed by atoms with Gasteiger partial charge in [0, 0.05) is 52.4 Å². The van der Waals surface area contributed by atoms with Gasteiger partial charge >= 0.3 is 18.0 Å². The van der Waals surface area contributed by atoms with Gasteiger partial charge in [0.15, 0.2) is 0 Å². The third kappa shape index (κ3) is 8.66. The molecule has 0 aromatic heterocycles. The molecule has 0 atom stereocenters. The Balaban J connectivity index is 2.82. The van der Waals surface area contributed by atoms with Crippen LogP contribution in [0.3, 0.4) is 0 Å². The largest absolute Gasteiger partial charge is 0.480 e. The third-order valence-electron chi connectivity index (χ3n) is 4.27. The molecule has 0 radical (unpaired) electrons. The molecule has 10 nitrogen and oxygen atoms in total. The minimum atomic E-state index is -1.02. The molecular weight excluding hydrogens is 332 g/mol. The molecule has 1 aliphatic rings. The molecule has 0 aromatic carbocycles. The number of carboxylic acids is 2. The second-order valence-electron chi connectivity index (χ2n) is 6.04. The Morgan fingerprint density at radius 2 is 1.04 bits per heavy atom. The van der Waals surface area contributed by atoms with E-state index in [-0.39, 0.29) is 19.6 Å². The van der Waals surface area contributed by atoms with Crippen LogP contribution in [0, 0.1) is 0 Å². The van der Waals surface area contributed by atoms with Crippen LogP contribution < -0.4 is 0 Å². The lowest BCUT2D eigenvalue weighted by Gasteiger charge is -2.32. The molecule has 144 valence electrons. The Morgan fingerprint density at radius 3 is 1.40 bits per heavy atom. The van der Waals surface area contributed by atoms with Crippen molar-refractivity contribution in [2.45, 2.75) is 6.92 Å². The van der Waals surface area contributed by atoms with E-state index in [4.69, 9.17) is 10.2 Å². The maximum Gasteiger partial charge on any atom is 0.407 e. The van der Waals surface area contributed by atoms with Gasteiger partial charge in [-0.2, -0.15) is 0 Å². The van der Waals surface area contributed by atoms with Crippen molar-refractivity contribution in [2.75, 3.05) is 72.0 Å². The molecule has 1 amide bonds.